The number of nitrogens with one attached hydrogen (secondary N) is 1. The number of nitrogens with two attached hydrogens (primary N) is 1. The van der Waals surface area contributed by atoms with Crippen molar-refractivity contribution in [2.45, 2.75) is 69.5 Å². The van der Waals surface area contributed by atoms with Gasteiger partial charge in [0.15, 0.2) is 0 Å². The van der Waals surface area contributed by atoms with Crippen molar-refractivity contribution in [1.82, 2.24) is 19.1 Å². The van der Waals surface area contributed by atoms with Gasteiger partial charge in [-0.05, 0) is 73.9 Å². The number of halogens is 2. The summed E-state index contributed by atoms with van der Waals surface area (Å²) < 4.78 is 61.6. The summed E-state index contributed by atoms with van der Waals surface area (Å²) in [4.78, 5) is 33.5. The Hall–Kier alpha value is -4.18. The number of pyridine rings is 1. The van der Waals surface area contributed by atoms with Gasteiger partial charge < -0.3 is 25.8 Å². The van der Waals surface area contributed by atoms with Crippen molar-refractivity contribution in [1.29, 1.82) is 0 Å². The minimum absolute atomic E-state index is 0.104. The molecule has 2 saturated heterocycles. The highest BCUT2D eigenvalue weighted by Gasteiger charge is 2.30. The second kappa shape index (κ2) is 16.2. The van der Waals surface area contributed by atoms with Crippen LogP contribution in [0.5, 0.6) is 11.6 Å². The van der Waals surface area contributed by atoms with E-state index in [0.717, 1.165) is 18.1 Å². The van der Waals surface area contributed by atoms with Gasteiger partial charge in [0.05, 0.1) is 22.3 Å². The second-order valence-electron chi connectivity index (χ2n) is 13.2. The number of benzene rings is 2. The second-order valence-corrected chi connectivity index (χ2v) is 15.1. The molecule has 3 aromatic rings. The van der Waals surface area contributed by atoms with Gasteiger partial charge in [0.2, 0.25) is 15.9 Å². The van der Waals surface area contributed by atoms with E-state index in [9.17, 15) is 31.9 Å². The molecule has 15 heteroatoms. The minimum Gasteiger partial charge on any atom is -0.439 e. The summed E-state index contributed by atoms with van der Waals surface area (Å²) >= 11 is 0. The van der Waals surface area contributed by atoms with Crippen LogP contribution in [0.15, 0.2) is 59.6 Å². The summed E-state index contributed by atoms with van der Waals surface area (Å²) in [7, 11) is -3.65. The highest BCUT2D eigenvalue weighted by atomic mass is 32.2. The largest absolute Gasteiger partial charge is 0.439 e. The molecule has 0 unspecified atom stereocenters. The molecule has 0 spiro atoms. The van der Waals surface area contributed by atoms with Crippen LogP contribution in [0, 0.1) is 17.6 Å². The Balaban J connectivity index is 1.14. The first-order valence-electron chi connectivity index (χ1n) is 16.8. The van der Waals surface area contributed by atoms with E-state index in [2.05, 4.69) is 29.0 Å². The van der Waals surface area contributed by atoms with Crippen molar-refractivity contribution >= 4 is 27.6 Å². The molecule has 12 nitrogen and oxygen atoms in total. The Morgan fingerprint density at radius 1 is 1.02 bits per heavy atom. The molecule has 0 bridgehead atoms. The lowest BCUT2D eigenvalue weighted by atomic mass is 10.0. The summed E-state index contributed by atoms with van der Waals surface area (Å²) in [6.07, 6.45) is 4.20. The lowest BCUT2D eigenvalue weighted by Crippen LogP contribution is -2.49. The number of sulfonamides is 1. The highest BCUT2D eigenvalue weighted by molar-refractivity contribution is 7.89. The van der Waals surface area contributed by atoms with Crippen LogP contribution in [0.4, 0.5) is 19.3 Å². The normalized spacial score (nSPS) is 16.8. The van der Waals surface area contributed by atoms with Crippen molar-refractivity contribution in [3.8, 4) is 11.6 Å². The molecule has 3 heterocycles. The molecule has 2 fully saturated rings. The fourth-order valence-electron chi connectivity index (χ4n) is 6.11. The van der Waals surface area contributed by atoms with Crippen LogP contribution >= 0.6 is 0 Å². The van der Waals surface area contributed by atoms with E-state index < -0.39 is 45.3 Å². The lowest BCUT2D eigenvalue weighted by molar-refractivity contribution is 0.0996. The summed E-state index contributed by atoms with van der Waals surface area (Å²) in [5.41, 5.74) is 5.36. The standard InChI is InChI=1S/C35H44F2N6O6S/c1-23(2)9-18-43(35(46)40-32-19-29(34(38)45)30(36)20-31(32)37)25-10-14-41(15-11-25)22-24-3-8-33(39-21-24)49-27-4-6-28(7-5-27)50(47,48)42-16-12-26(44)13-17-42/h3-8,19-21,23,25-26,44H,9-18,22H2,1-2H3,(H2,38,45)(H,40,46). The van der Waals surface area contributed by atoms with Crippen LogP contribution in [0.25, 0.3) is 0 Å². The zero-order chi connectivity index (χ0) is 36.0. The summed E-state index contributed by atoms with van der Waals surface area (Å²) in [6.45, 7) is 7.17. The van der Waals surface area contributed by atoms with E-state index in [1.54, 1.807) is 29.3 Å². The first-order chi connectivity index (χ1) is 23.8. The van der Waals surface area contributed by atoms with Gasteiger partial charge in [0, 0.05) is 63.6 Å². The number of carbonyl (C=O) groups is 2. The van der Waals surface area contributed by atoms with Crippen molar-refractivity contribution < 1.29 is 36.6 Å². The van der Waals surface area contributed by atoms with Crippen LogP contribution in [0.1, 0.15) is 61.9 Å². The first-order valence-corrected chi connectivity index (χ1v) is 18.2. The maximum Gasteiger partial charge on any atom is 0.322 e. The number of piperidine rings is 2. The molecule has 2 aliphatic heterocycles. The minimum atomic E-state index is -3.65. The number of amides is 3. The number of urea groups is 1. The number of hydrogen-bond acceptors (Lipinski definition) is 8. The molecule has 0 atom stereocenters. The molecule has 270 valence electrons. The van der Waals surface area contributed by atoms with E-state index in [4.69, 9.17) is 10.5 Å². The maximum atomic E-state index is 14.5. The lowest BCUT2D eigenvalue weighted by Gasteiger charge is -2.39. The molecule has 50 heavy (non-hydrogen) atoms. The van der Waals surface area contributed by atoms with E-state index in [1.807, 2.05) is 6.07 Å². The number of aliphatic hydroxyl groups is 1. The number of ether oxygens (including phenoxy) is 1. The number of rotatable bonds is 12. The van der Waals surface area contributed by atoms with Gasteiger partial charge in [-0.3, -0.25) is 9.69 Å². The number of anilines is 1. The zero-order valence-corrected chi connectivity index (χ0v) is 29.0. The van der Waals surface area contributed by atoms with Gasteiger partial charge in [-0.2, -0.15) is 4.31 Å². The number of carbonyl (C=O) groups excluding carboxylic acids is 2. The number of aliphatic hydroxyl groups excluding tert-OH is 1. The van der Waals surface area contributed by atoms with Gasteiger partial charge in [0.25, 0.3) is 5.91 Å². The Labute approximate surface area is 291 Å². The monoisotopic (exact) mass is 714 g/mol. The fraction of sp³-hybridized carbons (Fsp3) is 0.457. The number of nitrogens with zero attached hydrogens (tertiary/aromatic N) is 4. The molecule has 5 rings (SSSR count). The topological polar surface area (TPSA) is 158 Å². The van der Waals surface area contributed by atoms with E-state index >= 15 is 0 Å². The molecule has 3 amide bonds. The summed E-state index contributed by atoms with van der Waals surface area (Å²) in [5.74, 6) is -2.02. The Bertz CT molecular complexity index is 1740. The SMILES string of the molecule is CC(C)CCN(C(=O)Nc1cc(C(N)=O)c(F)cc1F)C1CCN(Cc2ccc(Oc3ccc(S(=O)(=O)N4CCC(O)CC4)cc3)nc2)CC1. The molecule has 2 aliphatic rings. The van der Waals surface area contributed by atoms with Crippen LogP contribution in [-0.4, -0.2) is 89.4 Å². The quantitative estimate of drug-likeness (QED) is 0.238. The van der Waals surface area contributed by atoms with Crippen molar-refractivity contribution in [2.24, 2.45) is 11.7 Å². The molecule has 4 N–H and O–H groups in total. The average Bonchev–Trinajstić information content (AvgIpc) is 3.08. The van der Waals surface area contributed by atoms with Crippen molar-refractivity contribution in [3.63, 3.8) is 0 Å². The van der Waals surface area contributed by atoms with Crippen LogP contribution in [-0.2, 0) is 16.6 Å². The number of hydrogen-bond donors (Lipinski definition) is 3. The molecule has 1 aromatic heterocycles. The van der Waals surface area contributed by atoms with Crippen LogP contribution in [0.3, 0.4) is 0 Å². The molecule has 0 saturated carbocycles. The van der Waals surface area contributed by atoms with E-state index in [0.29, 0.717) is 75.5 Å². The van der Waals surface area contributed by atoms with Gasteiger partial charge in [-0.1, -0.05) is 19.9 Å². The average molecular weight is 715 g/mol. The zero-order valence-electron chi connectivity index (χ0n) is 28.2. The third-order valence-electron chi connectivity index (χ3n) is 9.08. The van der Waals surface area contributed by atoms with Crippen molar-refractivity contribution in [2.75, 3.05) is 38.0 Å². The maximum absolute atomic E-state index is 14.5. The number of primary amides is 1. The Morgan fingerprint density at radius 2 is 1.70 bits per heavy atom. The predicted octanol–water partition coefficient (Wildman–Crippen LogP) is 4.94. The van der Waals surface area contributed by atoms with Crippen molar-refractivity contribution in [3.05, 3.63) is 77.5 Å². The predicted molar refractivity (Wildman–Crippen MR) is 183 cm³/mol. The number of aromatic nitrogens is 1. The molecular formula is C35H44F2N6O6S. The van der Waals surface area contributed by atoms with Gasteiger partial charge >= 0.3 is 6.03 Å². The first kappa shape index (κ1) is 37.1. The Kier molecular flexibility index (Phi) is 12.0. The smallest absolute Gasteiger partial charge is 0.322 e. The Morgan fingerprint density at radius 3 is 2.30 bits per heavy atom. The third-order valence-corrected chi connectivity index (χ3v) is 11.0. The molecule has 0 radical (unpaired) electrons. The van der Waals surface area contributed by atoms with Crippen LogP contribution in [0.2, 0.25) is 0 Å². The van der Waals surface area contributed by atoms with Gasteiger partial charge in [0.1, 0.15) is 17.4 Å². The van der Waals surface area contributed by atoms with E-state index in [-0.39, 0.29) is 29.7 Å². The number of likely N-dealkylation sites (tertiary alicyclic amines) is 1. The molecular weight excluding hydrogens is 670 g/mol. The third kappa shape index (κ3) is 9.33. The van der Waals surface area contributed by atoms with Gasteiger partial charge in [-0.25, -0.2) is 27.0 Å². The molecule has 0 aliphatic carbocycles. The summed E-state index contributed by atoms with van der Waals surface area (Å²) in [5, 5.41) is 12.2. The van der Waals surface area contributed by atoms with E-state index in [1.165, 1.54) is 16.4 Å². The molecule has 2 aromatic carbocycles. The van der Waals surface area contributed by atoms with Crippen LogP contribution < -0.4 is 15.8 Å². The summed E-state index contributed by atoms with van der Waals surface area (Å²) in [6, 6.07) is 10.7. The van der Waals surface area contributed by atoms with Gasteiger partial charge in [-0.15, -0.1) is 0 Å². The fourth-order valence-corrected chi connectivity index (χ4v) is 7.58. The highest BCUT2D eigenvalue weighted by Crippen LogP contribution is 2.27.